The third-order valence-electron chi connectivity index (χ3n) is 4.43. The molecule has 0 saturated heterocycles. The van der Waals surface area contributed by atoms with E-state index in [1.165, 1.54) is 6.07 Å². The fraction of sp³-hybridized carbons (Fsp3) is 0.467. The van der Waals surface area contributed by atoms with Crippen molar-refractivity contribution in [2.45, 2.75) is 25.7 Å². The molecule has 2 aliphatic rings. The highest BCUT2D eigenvalue weighted by Crippen LogP contribution is 2.55. The Balaban J connectivity index is 1.76. The SMILES string of the molecule is O=C(O)c1ccc(F)cc1NC(=O)C1C2CCCCC21. The van der Waals surface area contributed by atoms with Crippen LogP contribution < -0.4 is 5.32 Å². The Morgan fingerprint density at radius 2 is 1.85 bits per heavy atom. The van der Waals surface area contributed by atoms with Gasteiger partial charge in [-0.25, -0.2) is 9.18 Å². The number of carboxylic acid groups (broad SMARTS) is 1. The van der Waals surface area contributed by atoms with Gasteiger partial charge in [0.1, 0.15) is 5.82 Å². The molecule has 0 aromatic heterocycles. The second-order valence-electron chi connectivity index (χ2n) is 5.62. The van der Waals surface area contributed by atoms with Crippen molar-refractivity contribution in [2.75, 3.05) is 5.32 Å². The monoisotopic (exact) mass is 277 g/mol. The summed E-state index contributed by atoms with van der Waals surface area (Å²) in [6.45, 7) is 0. The van der Waals surface area contributed by atoms with Gasteiger partial charge in [0.25, 0.3) is 0 Å². The van der Waals surface area contributed by atoms with Crippen LogP contribution in [0.25, 0.3) is 0 Å². The standard InChI is InChI=1S/C15H16FNO3/c16-8-5-6-11(15(19)20)12(7-8)17-14(18)13-9-3-1-2-4-10(9)13/h5-7,9-10,13H,1-4H2,(H,17,18)(H,19,20). The fourth-order valence-electron chi connectivity index (χ4n) is 3.40. The lowest BCUT2D eigenvalue weighted by atomic mass is 10.0. The summed E-state index contributed by atoms with van der Waals surface area (Å²) < 4.78 is 13.2. The van der Waals surface area contributed by atoms with Gasteiger partial charge in [-0.3, -0.25) is 4.79 Å². The minimum absolute atomic E-state index is 0.0255. The van der Waals surface area contributed by atoms with Gasteiger partial charge in [-0.15, -0.1) is 0 Å². The maximum Gasteiger partial charge on any atom is 0.337 e. The molecule has 2 fully saturated rings. The molecule has 1 aromatic rings. The molecule has 0 radical (unpaired) electrons. The van der Waals surface area contributed by atoms with Crippen molar-refractivity contribution in [3.8, 4) is 0 Å². The van der Waals surface area contributed by atoms with E-state index in [0.29, 0.717) is 11.8 Å². The van der Waals surface area contributed by atoms with Crippen LogP contribution in [0.1, 0.15) is 36.0 Å². The van der Waals surface area contributed by atoms with Crippen molar-refractivity contribution >= 4 is 17.6 Å². The molecule has 3 rings (SSSR count). The molecule has 2 unspecified atom stereocenters. The predicted molar refractivity (Wildman–Crippen MR) is 70.9 cm³/mol. The first-order valence-electron chi connectivity index (χ1n) is 6.91. The van der Waals surface area contributed by atoms with E-state index >= 15 is 0 Å². The zero-order valence-electron chi connectivity index (χ0n) is 10.9. The van der Waals surface area contributed by atoms with Gasteiger partial charge >= 0.3 is 5.97 Å². The van der Waals surface area contributed by atoms with Crippen LogP contribution in [-0.4, -0.2) is 17.0 Å². The molecular weight excluding hydrogens is 261 g/mol. The number of amides is 1. The number of carboxylic acids is 1. The zero-order chi connectivity index (χ0) is 14.3. The summed E-state index contributed by atoms with van der Waals surface area (Å²) in [7, 11) is 0. The van der Waals surface area contributed by atoms with Gasteiger partial charge in [-0.05, 0) is 42.9 Å². The first-order valence-corrected chi connectivity index (χ1v) is 6.91. The van der Waals surface area contributed by atoms with E-state index in [9.17, 15) is 14.0 Å². The van der Waals surface area contributed by atoms with Crippen LogP contribution in [0, 0.1) is 23.6 Å². The molecule has 5 heteroatoms. The van der Waals surface area contributed by atoms with Crippen LogP contribution in [0.15, 0.2) is 18.2 Å². The Morgan fingerprint density at radius 3 is 2.45 bits per heavy atom. The predicted octanol–water partition coefficient (Wildman–Crippen LogP) is 2.90. The Kier molecular flexibility index (Phi) is 3.20. The summed E-state index contributed by atoms with van der Waals surface area (Å²) in [5.41, 5.74) is -0.0329. The quantitative estimate of drug-likeness (QED) is 0.892. The highest BCUT2D eigenvalue weighted by atomic mass is 19.1. The number of carbonyl (C=O) groups excluding carboxylic acids is 1. The second kappa shape index (κ2) is 4.89. The van der Waals surface area contributed by atoms with E-state index < -0.39 is 11.8 Å². The Hall–Kier alpha value is -1.91. The highest BCUT2D eigenvalue weighted by Gasteiger charge is 2.54. The van der Waals surface area contributed by atoms with Crippen molar-refractivity contribution in [1.29, 1.82) is 0 Å². The minimum atomic E-state index is -1.17. The summed E-state index contributed by atoms with van der Waals surface area (Å²) >= 11 is 0. The maximum absolute atomic E-state index is 13.2. The summed E-state index contributed by atoms with van der Waals surface area (Å²) in [5, 5.41) is 11.6. The maximum atomic E-state index is 13.2. The average Bonchev–Trinajstić information content (AvgIpc) is 3.12. The Morgan fingerprint density at radius 1 is 1.20 bits per heavy atom. The number of anilines is 1. The molecule has 1 amide bonds. The van der Waals surface area contributed by atoms with Crippen molar-refractivity contribution in [3.63, 3.8) is 0 Å². The van der Waals surface area contributed by atoms with Crippen molar-refractivity contribution in [3.05, 3.63) is 29.6 Å². The van der Waals surface area contributed by atoms with Crippen LogP contribution in [0.5, 0.6) is 0 Å². The van der Waals surface area contributed by atoms with Gasteiger partial charge < -0.3 is 10.4 Å². The molecule has 1 aromatic carbocycles. The van der Waals surface area contributed by atoms with Gasteiger partial charge in [-0.1, -0.05) is 12.8 Å². The van der Waals surface area contributed by atoms with Gasteiger partial charge in [0.2, 0.25) is 5.91 Å². The number of benzene rings is 1. The van der Waals surface area contributed by atoms with Crippen LogP contribution in [0.4, 0.5) is 10.1 Å². The topological polar surface area (TPSA) is 66.4 Å². The lowest BCUT2D eigenvalue weighted by molar-refractivity contribution is -0.117. The molecule has 0 heterocycles. The molecule has 0 aliphatic heterocycles. The van der Waals surface area contributed by atoms with Crippen LogP contribution in [-0.2, 0) is 4.79 Å². The number of aromatic carboxylic acids is 1. The number of halogens is 1. The highest BCUT2D eigenvalue weighted by molar-refractivity contribution is 6.02. The Labute approximate surface area is 116 Å². The lowest BCUT2D eigenvalue weighted by Gasteiger charge is -2.08. The van der Waals surface area contributed by atoms with E-state index in [2.05, 4.69) is 5.32 Å². The van der Waals surface area contributed by atoms with E-state index in [1.807, 2.05) is 0 Å². The smallest absolute Gasteiger partial charge is 0.337 e. The van der Waals surface area contributed by atoms with Gasteiger partial charge in [0, 0.05) is 5.92 Å². The Bertz CT molecular complexity index is 560. The van der Waals surface area contributed by atoms with E-state index in [4.69, 9.17) is 5.11 Å². The molecule has 4 nitrogen and oxygen atoms in total. The summed E-state index contributed by atoms with van der Waals surface area (Å²) in [4.78, 5) is 23.3. The molecule has 106 valence electrons. The van der Waals surface area contributed by atoms with E-state index in [-0.39, 0.29) is 23.1 Å². The number of hydrogen-bond acceptors (Lipinski definition) is 2. The molecule has 0 spiro atoms. The average molecular weight is 277 g/mol. The third-order valence-corrected chi connectivity index (χ3v) is 4.43. The largest absolute Gasteiger partial charge is 0.478 e. The second-order valence-corrected chi connectivity index (χ2v) is 5.62. The van der Waals surface area contributed by atoms with Crippen LogP contribution in [0.2, 0.25) is 0 Å². The van der Waals surface area contributed by atoms with Crippen LogP contribution in [0.3, 0.4) is 0 Å². The molecule has 2 saturated carbocycles. The summed E-state index contributed by atoms with van der Waals surface area (Å²) in [5.74, 6) is -1.05. The first-order chi connectivity index (χ1) is 9.58. The zero-order valence-corrected chi connectivity index (χ0v) is 10.9. The number of rotatable bonds is 3. The molecule has 0 bridgehead atoms. The van der Waals surface area contributed by atoms with Crippen LogP contribution >= 0.6 is 0 Å². The first kappa shape index (κ1) is 13.1. The lowest BCUT2D eigenvalue weighted by Crippen LogP contribution is -2.18. The van der Waals surface area contributed by atoms with E-state index in [0.717, 1.165) is 37.8 Å². The van der Waals surface area contributed by atoms with Crippen molar-refractivity contribution in [1.82, 2.24) is 0 Å². The molecule has 2 atom stereocenters. The molecule has 20 heavy (non-hydrogen) atoms. The number of nitrogens with one attached hydrogen (secondary N) is 1. The molecule has 2 aliphatic carbocycles. The van der Waals surface area contributed by atoms with Crippen molar-refractivity contribution in [2.24, 2.45) is 17.8 Å². The fourth-order valence-corrected chi connectivity index (χ4v) is 3.40. The molecular formula is C15H16FNO3. The third kappa shape index (κ3) is 2.28. The minimum Gasteiger partial charge on any atom is -0.478 e. The normalized spacial score (nSPS) is 27.6. The summed E-state index contributed by atoms with van der Waals surface area (Å²) in [6, 6.07) is 3.32. The van der Waals surface area contributed by atoms with Gasteiger partial charge in [0.15, 0.2) is 0 Å². The number of carbonyl (C=O) groups is 2. The number of fused-ring (bicyclic) bond motifs is 1. The van der Waals surface area contributed by atoms with Crippen molar-refractivity contribution < 1.29 is 19.1 Å². The summed E-state index contributed by atoms with van der Waals surface area (Å²) in [6.07, 6.45) is 4.45. The van der Waals surface area contributed by atoms with Gasteiger partial charge in [-0.2, -0.15) is 0 Å². The molecule has 2 N–H and O–H groups in total. The van der Waals surface area contributed by atoms with E-state index in [1.54, 1.807) is 0 Å². The van der Waals surface area contributed by atoms with Gasteiger partial charge in [0.05, 0.1) is 11.3 Å². The number of hydrogen-bond donors (Lipinski definition) is 2.